The fourth-order valence-corrected chi connectivity index (χ4v) is 3.94. The summed E-state index contributed by atoms with van der Waals surface area (Å²) in [6.45, 7) is 8.72. The molecule has 0 radical (unpaired) electrons. The number of rotatable bonds is 3. The summed E-state index contributed by atoms with van der Waals surface area (Å²) in [5.74, 6) is 0.628. The van der Waals surface area contributed by atoms with Crippen molar-refractivity contribution >= 4 is 11.7 Å². The molecule has 0 aliphatic carbocycles. The Hall–Kier alpha value is -2.47. The van der Waals surface area contributed by atoms with Gasteiger partial charge in [0, 0.05) is 13.1 Å². The number of benzene rings is 1. The summed E-state index contributed by atoms with van der Waals surface area (Å²) in [7, 11) is 0. The Morgan fingerprint density at radius 2 is 2.00 bits per heavy atom. The van der Waals surface area contributed by atoms with Gasteiger partial charge in [-0.1, -0.05) is 12.1 Å². The number of carbonyl (C=O) groups is 1. The number of halogens is 1. The van der Waals surface area contributed by atoms with E-state index in [-0.39, 0.29) is 23.8 Å². The van der Waals surface area contributed by atoms with Crippen molar-refractivity contribution in [2.24, 2.45) is 0 Å². The van der Waals surface area contributed by atoms with E-state index in [4.69, 9.17) is 9.72 Å². The molecule has 5 nitrogen and oxygen atoms in total. The first-order valence-corrected chi connectivity index (χ1v) is 9.37. The highest BCUT2D eigenvalue weighted by molar-refractivity contribution is 6.00. The topological polar surface area (TPSA) is 45.7 Å². The molecule has 1 aromatic heterocycles. The second kappa shape index (κ2) is 6.93. The van der Waals surface area contributed by atoms with Crippen LogP contribution in [0.2, 0.25) is 0 Å². The normalized spacial score (nSPS) is 22.3. The van der Waals surface area contributed by atoms with Crippen LogP contribution in [0.4, 0.5) is 10.2 Å². The Labute approximate surface area is 158 Å². The molecule has 1 saturated heterocycles. The first-order valence-electron chi connectivity index (χ1n) is 9.37. The molecule has 1 unspecified atom stereocenters. The molecule has 27 heavy (non-hydrogen) atoms. The highest BCUT2D eigenvalue weighted by atomic mass is 19.1. The van der Waals surface area contributed by atoms with Gasteiger partial charge in [0.1, 0.15) is 11.6 Å². The van der Waals surface area contributed by atoms with Gasteiger partial charge in [0.15, 0.2) is 0 Å². The van der Waals surface area contributed by atoms with E-state index in [2.05, 4.69) is 11.8 Å². The van der Waals surface area contributed by atoms with Crippen molar-refractivity contribution in [2.75, 3.05) is 24.7 Å². The number of morpholine rings is 1. The van der Waals surface area contributed by atoms with Gasteiger partial charge in [-0.15, -0.1) is 0 Å². The van der Waals surface area contributed by atoms with Crippen LogP contribution in [0.25, 0.3) is 0 Å². The summed E-state index contributed by atoms with van der Waals surface area (Å²) in [5.41, 5.74) is 3.39. The molecular weight excluding hydrogens is 345 g/mol. The third-order valence-corrected chi connectivity index (χ3v) is 5.50. The van der Waals surface area contributed by atoms with Gasteiger partial charge in [0.05, 0.1) is 36.6 Å². The minimum Gasteiger partial charge on any atom is -0.377 e. The summed E-state index contributed by atoms with van der Waals surface area (Å²) in [6, 6.07) is 8.44. The molecule has 4 rings (SSSR count). The van der Waals surface area contributed by atoms with Gasteiger partial charge in [-0.2, -0.15) is 0 Å². The molecule has 3 heterocycles. The Morgan fingerprint density at radius 1 is 1.26 bits per heavy atom. The summed E-state index contributed by atoms with van der Waals surface area (Å²) in [6.07, 6.45) is 0. The van der Waals surface area contributed by atoms with Crippen LogP contribution in [0.15, 0.2) is 30.3 Å². The maximum atomic E-state index is 13.2. The second-order valence-electron chi connectivity index (χ2n) is 7.41. The van der Waals surface area contributed by atoms with Gasteiger partial charge >= 0.3 is 0 Å². The van der Waals surface area contributed by atoms with Crippen molar-refractivity contribution in [3.8, 4) is 0 Å². The molecular formula is C21H24FN3O2. The van der Waals surface area contributed by atoms with E-state index < -0.39 is 0 Å². The number of carbonyl (C=O) groups excluding carboxylic acids is 1. The molecule has 2 aliphatic rings. The number of hydrogen-bond acceptors (Lipinski definition) is 4. The van der Waals surface area contributed by atoms with Crippen molar-refractivity contribution in [3.63, 3.8) is 0 Å². The second-order valence-corrected chi connectivity index (χ2v) is 7.41. The lowest BCUT2D eigenvalue weighted by molar-refractivity contribution is 0.0721. The quantitative estimate of drug-likeness (QED) is 0.831. The predicted octanol–water partition coefficient (Wildman–Crippen LogP) is 3.47. The van der Waals surface area contributed by atoms with Crippen LogP contribution in [0, 0.1) is 12.7 Å². The molecule has 0 bridgehead atoms. The Bertz CT molecular complexity index is 868. The van der Waals surface area contributed by atoms with E-state index in [1.54, 1.807) is 12.1 Å². The number of aryl methyl sites for hydroxylation is 1. The van der Waals surface area contributed by atoms with Crippen molar-refractivity contribution in [1.29, 1.82) is 0 Å². The van der Waals surface area contributed by atoms with Crippen molar-refractivity contribution < 1.29 is 13.9 Å². The molecule has 0 saturated carbocycles. The molecule has 2 aromatic rings. The maximum absolute atomic E-state index is 13.2. The fraction of sp³-hybridized carbons (Fsp3) is 0.429. The number of aromatic nitrogens is 1. The number of amides is 1. The molecule has 2 aliphatic heterocycles. The number of ether oxygens (including phenoxy) is 1. The average molecular weight is 369 g/mol. The van der Waals surface area contributed by atoms with Crippen LogP contribution in [0.3, 0.4) is 0 Å². The molecule has 1 fully saturated rings. The molecule has 0 spiro atoms. The largest absolute Gasteiger partial charge is 0.377 e. The predicted molar refractivity (Wildman–Crippen MR) is 101 cm³/mol. The molecule has 1 aromatic carbocycles. The monoisotopic (exact) mass is 369 g/mol. The van der Waals surface area contributed by atoms with Crippen LogP contribution in [-0.2, 0) is 11.3 Å². The van der Waals surface area contributed by atoms with Crippen LogP contribution >= 0.6 is 0 Å². The molecule has 0 N–H and O–H groups in total. The number of fused-ring (bicyclic) bond motifs is 1. The maximum Gasteiger partial charge on any atom is 0.256 e. The SMILES string of the molecule is Cc1cc(N2CCOC[C@H]2C)nc2c1C(=O)N(Cc1ccc(F)cc1)C2C. The van der Waals surface area contributed by atoms with E-state index in [0.717, 1.165) is 29.2 Å². The van der Waals surface area contributed by atoms with E-state index in [1.165, 1.54) is 12.1 Å². The average Bonchev–Trinajstić information content (AvgIpc) is 2.89. The van der Waals surface area contributed by atoms with Crippen LogP contribution < -0.4 is 4.90 Å². The first-order chi connectivity index (χ1) is 13.0. The van der Waals surface area contributed by atoms with E-state index in [1.807, 2.05) is 24.8 Å². The van der Waals surface area contributed by atoms with E-state index in [0.29, 0.717) is 25.3 Å². The lowest BCUT2D eigenvalue weighted by Crippen LogP contribution is -2.44. The third-order valence-electron chi connectivity index (χ3n) is 5.50. The van der Waals surface area contributed by atoms with Gasteiger partial charge in [0.25, 0.3) is 5.91 Å². The smallest absolute Gasteiger partial charge is 0.256 e. The van der Waals surface area contributed by atoms with Crippen LogP contribution in [0.1, 0.15) is 47.1 Å². The van der Waals surface area contributed by atoms with Gasteiger partial charge in [-0.05, 0) is 50.1 Å². The van der Waals surface area contributed by atoms with Crippen molar-refractivity contribution in [2.45, 2.75) is 39.4 Å². The number of anilines is 1. The summed E-state index contributed by atoms with van der Waals surface area (Å²) in [4.78, 5) is 22.0. The van der Waals surface area contributed by atoms with Crippen LogP contribution in [-0.4, -0.2) is 41.6 Å². The Kier molecular flexibility index (Phi) is 4.60. The Balaban J connectivity index is 1.65. The minimum absolute atomic E-state index is 0.00611. The Morgan fingerprint density at radius 3 is 2.70 bits per heavy atom. The zero-order valence-electron chi connectivity index (χ0n) is 15.9. The zero-order valence-corrected chi connectivity index (χ0v) is 15.9. The molecule has 2 atom stereocenters. The van der Waals surface area contributed by atoms with Gasteiger partial charge < -0.3 is 14.5 Å². The molecule has 142 valence electrons. The summed E-state index contributed by atoms with van der Waals surface area (Å²) in [5, 5.41) is 0. The third kappa shape index (κ3) is 3.18. The van der Waals surface area contributed by atoms with Crippen molar-refractivity contribution in [3.05, 3.63) is 58.5 Å². The molecule has 1 amide bonds. The van der Waals surface area contributed by atoms with E-state index >= 15 is 0 Å². The van der Waals surface area contributed by atoms with Crippen LogP contribution in [0.5, 0.6) is 0 Å². The van der Waals surface area contributed by atoms with Gasteiger partial charge in [-0.25, -0.2) is 9.37 Å². The van der Waals surface area contributed by atoms with Gasteiger partial charge in [-0.3, -0.25) is 4.79 Å². The number of nitrogens with zero attached hydrogens (tertiary/aromatic N) is 3. The fourth-order valence-electron chi connectivity index (χ4n) is 3.94. The lowest BCUT2D eigenvalue weighted by Gasteiger charge is -2.34. The number of pyridine rings is 1. The molecule has 6 heteroatoms. The summed E-state index contributed by atoms with van der Waals surface area (Å²) < 4.78 is 18.7. The zero-order chi connectivity index (χ0) is 19.1. The lowest BCUT2D eigenvalue weighted by atomic mass is 10.1. The van der Waals surface area contributed by atoms with Gasteiger partial charge in [0.2, 0.25) is 0 Å². The minimum atomic E-state index is -0.274. The standard InChI is InChI=1S/C21H24FN3O2/c1-13-10-18(24-8-9-27-12-14(24)2)23-20-15(3)25(21(26)19(13)20)11-16-4-6-17(22)7-5-16/h4-7,10,14-15H,8-9,11-12H2,1-3H3/t14-,15?/m1/s1. The number of hydrogen-bond donors (Lipinski definition) is 0. The van der Waals surface area contributed by atoms with Crippen molar-refractivity contribution in [1.82, 2.24) is 9.88 Å². The highest BCUT2D eigenvalue weighted by Crippen LogP contribution is 2.37. The van der Waals surface area contributed by atoms with E-state index in [9.17, 15) is 9.18 Å². The summed E-state index contributed by atoms with van der Waals surface area (Å²) >= 11 is 0. The highest BCUT2D eigenvalue weighted by Gasteiger charge is 2.37. The first kappa shape index (κ1) is 17.9.